The van der Waals surface area contributed by atoms with Crippen LogP contribution in [-0.4, -0.2) is 36.5 Å². The Labute approximate surface area is 173 Å². The van der Waals surface area contributed by atoms with E-state index in [4.69, 9.17) is 4.74 Å². The van der Waals surface area contributed by atoms with Crippen molar-refractivity contribution in [2.75, 3.05) is 19.7 Å². The van der Waals surface area contributed by atoms with Crippen LogP contribution >= 0.6 is 0 Å². The van der Waals surface area contributed by atoms with Gasteiger partial charge < -0.3 is 9.64 Å². The molecule has 0 saturated carbocycles. The summed E-state index contributed by atoms with van der Waals surface area (Å²) < 4.78 is 5.44. The second-order valence-electron chi connectivity index (χ2n) is 8.00. The van der Waals surface area contributed by atoms with Gasteiger partial charge in [0.05, 0.1) is 12.0 Å². The molecule has 1 heterocycles. The van der Waals surface area contributed by atoms with Crippen molar-refractivity contribution < 1.29 is 14.3 Å². The van der Waals surface area contributed by atoms with Crippen molar-refractivity contribution in [2.24, 2.45) is 5.41 Å². The van der Waals surface area contributed by atoms with Gasteiger partial charge in [-0.1, -0.05) is 48.0 Å². The Kier molecular flexibility index (Phi) is 7.08. The van der Waals surface area contributed by atoms with Crippen molar-refractivity contribution in [2.45, 2.75) is 46.0 Å². The minimum Gasteiger partial charge on any atom is -0.466 e. The zero-order valence-corrected chi connectivity index (χ0v) is 17.5. The van der Waals surface area contributed by atoms with Crippen molar-refractivity contribution in [1.82, 2.24) is 4.90 Å². The quantitative estimate of drug-likeness (QED) is 0.635. The first kappa shape index (κ1) is 21.1. The van der Waals surface area contributed by atoms with Crippen LogP contribution in [0.3, 0.4) is 0 Å². The van der Waals surface area contributed by atoms with Gasteiger partial charge in [-0.05, 0) is 63.6 Å². The number of nitrogens with zero attached hydrogens (tertiary/aromatic N) is 1. The Hall–Kier alpha value is -2.62. The molecule has 0 radical (unpaired) electrons. The highest BCUT2D eigenvalue weighted by Gasteiger charge is 2.43. The van der Waals surface area contributed by atoms with E-state index in [1.165, 1.54) is 5.56 Å². The van der Waals surface area contributed by atoms with Gasteiger partial charge in [0.2, 0.25) is 0 Å². The molecule has 29 heavy (non-hydrogen) atoms. The number of amides is 1. The van der Waals surface area contributed by atoms with Crippen LogP contribution in [0.25, 0.3) is 0 Å². The summed E-state index contributed by atoms with van der Waals surface area (Å²) in [6.07, 6.45) is 4.02. The standard InChI is InChI=1S/C25H31NO3/c1-3-29-24(28)25(14-8-12-21-10-5-4-6-11-21)15-17-26(18-16-25)23(27)22-13-7-9-20(2)19-22/h4-7,9-11,13,19H,3,8,12,14-18H2,1-2H3. The fraction of sp³-hybridized carbons (Fsp3) is 0.440. The van der Waals surface area contributed by atoms with Crippen LogP contribution in [0.4, 0.5) is 0 Å². The Morgan fingerprint density at radius 1 is 1.03 bits per heavy atom. The summed E-state index contributed by atoms with van der Waals surface area (Å²) in [5, 5.41) is 0. The van der Waals surface area contributed by atoms with Crippen LogP contribution in [-0.2, 0) is 16.0 Å². The molecule has 154 valence electrons. The lowest BCUT2D eigenvalue weighted by atomic mass is 9.74. The van der Waals surface area contributed by atoms with Gasteiger partial charge in [0.1, 0.15) is 0 Å². The summed E-state index contributed by atoms with van der Waals surface area (Å²) in [4.78, 5) is 27.6. The van der Waals surface area contributed by atoms with Crippen molar-refractivity contribution in [3.63, 3.8) is 0 Å². The zero-order valence-electron chi connectivity index (χ0n) is 17.5. The molecule has 4 nitrogen and oxygen atoms in total. The molecule has 4 heteroatoms. The number of aryl methyl sites for hydroxylation is 2. The summed E-state index contributed by atoms with van der Waals surface area (Å²) in [6.45, 7) is 5.43. The third kappa shape index (κ3) is 5.26. The first-order chi connectivity index (χ1) is 14.0. The molecule has 0 aromatic heterocycles. The minimum absolute atomic E-state index is 0.0513. The number of piperidine rings is 1. The Balaban J connectivity index is 1.64. The second kappa shape index (κ2) is 9.73. The monoisotopic (exact) mass is 393 g/mol. The first-order valence-corrected chi connectivity index (χ1v) is 10.6. The molecule has 1 saturated heterocycles. The van der Waals surface area contributed by atoms with Crippen LogP contribution in [0, 0.1) is 12.3 Å². The Morgan fingerprint density at radius 2 is 1.76 bits per heavy atom. The van der Waals surface area contributed by atoms with Crippen LogP contribution in [0.1, 0.15) is 54.1 Å². The minimum atomic E-state index is -0.478. The second-order valence-corrected chi connectivity index (χ2v) is 8.00. The number of rotatable bonds is 7. The van der Waals surface area contributed by atoms with Gasteiger partial charge in [-0.15, -0.1) is 0 Å². The third-order valence-corrected chi connectivity index (χ3v) is 5.94. The van der Waals surface area contributed by atoms with E-state index >= 15 is 0 Å². The van der Waals surface area contributed by atoms with Gasteiger partial charge in [0, 0.05) is 18.7 Å². The maximum atomic E-state index is 12.9. The van der Waals surface area contributed by atoms with E-state index in [9.17, 15) is 9.59 Å². The van der Waals surface area contributed by atoms with Gasteiger partial charge >= 0.3 is 5.97 Å². The Morgan fingerprint density at radius 3 is 2.41 bits per heavy atom. The number of ether oxygens (including phenoxy) is 1. The number of benzene rings is 2. The maximum Gasteiger partial charge on any atom is 0.312 e. The van der Waals surface area contributed by atoms with E-state index in [2.05, 4.69) is 12.1 Å². The van der Waals surface area contributed by atoms with Crippen molar-refractivity contribution in [3.05, 3.63) is 71.3 Å². The van der Waals surface area contributed by atoms with Crippen LogP contribution in [0.2, 0.25) is 0 Å². The smallest absolute Gasteiger partial charge is 0.312 e. The summed E-state index contributed by atoms with van der Waals surface area (Å²) in [6, 6.07) is 18.1. The van der Waals surface area contributed by atoms with E-state index in [-0.39, 0.29) is 11.9 Å². The molecule has 0 unspecified atom stereocenters. The van der Waals surface area contributed by atoms with Gasteiger partial charge in [-0.3, -0.25) is 9.59 Å². The van der Waals surface area contributed by atoms with E-state index in [1.807, 2.05) is 61.2 Å². The van der Waals surface area contributed by atoms with Crippen molar-refractivity contribution in [3.8, 4) is 0 Å². The predicted octanol–water partition coefficient (Wildman–Crippen LogP) is 4.80. The normalized spacial score (nSPS) is 15.7. The fourth-order valence-electron chi connectivity index (χ4n) is 4.21. The number of hydrogen-bond acceptors (Lipinski definition) is 3. The van der Waals surface area contributed by atoms with Gasteiger partial charge in [-0.25, -0.2) is 0 Å². The summed E-state index contributed by atoms with van der Waals surface area (Å²) >= 11 is 0. The molecular formula is C25H31NO3. The van der Waals surface area contributed by atoms with E-state index in [0.717, 1.165) is 30.4 Å². The molecule has 1 amide bonds. The van der Waals surface area contributed by atoms with Crippen LogP contribution in [0.5, 0.6) is 0 Å². The van der Waals surface area contributed by atoms with Crippen molar-refractivity contribution >= 4 is 11.9 Å². The highest BCUT2D eigenvalue weighted by Crippen LogP contribution is 2.38. The number of hydrogen-bond donors (Lipinski definition) is 0. The molecular weight excluding hydrogens is 362 g/mol. The molecule has 1 aliphatic rings. The fourth-order valence-corrected chi connectivity index (χ4v) is 4.21. The first-order valence-electron chi connectivity index (χ1n) is 10.6. The molecule has 0 atom stereocenters. The summed E-state index contributed by atoms with van der Waals surface area (Å²) in [5.74, 6) is -0.0499. The van der Waals surface area contributed by atoms with E-state index in [0.29, 0.717) is 32.5 Å². The molecule has 1 aliphatic heterocycles. The molecule has 2 aromatic rings. The SMILES string of the molecule is CCOC(=O)C1(CCCc2ccccc2)CCN(C(=O)c2cccc(C)c2)CC1. The van der Waals surface area contributed by atoms with Crippen LogP contribution < -0.4 is 0 Å². The number of carbonyl (C=O) groups is 2. The molecule has 0 aliphatic carbocycles. The van der Waals surface area contributed by atoms with Crippen molar-refractivity contribution in [1.29, 1.82) is 0 Å². The van der Waals surface area contributed by atoms with Gasteiger partial charge in [0.25, 0.3) is 5.91 Å². The Bertz CT molecular complexity index is 823. The lowest BCUT2D eigenvalue weighted by Crippen LogP contribution is -2.47. The van der Waals surface area contributed by atoms with Crippen LogP contribution in [0.15, 0.2) is 54.6 Å². The van der Waals surface area contributed by atoms with Gasteiger partial charge in [0.15, 0.2) is 0 Å². The molecule has 3 rings (SSSR count). The number of carbonyl (C=O) groups excluding carboxylic acids is 2. The highest BCUT2D eigenvalue weighted by atomic mass is 16.5. The van der Waals surface area contributed by atoms with E-state index in [1.54, 1.807) is 0 Å². The summed E-state index contributed by atoms with van der Waals surface area (Å²) in [5.41, 5.74) is 2.61. The average Bonchev–Trinajstić information content (AvgIpc) is 2.74. The zero-order chi connectivity index (χ0) is 20.7. The number of esters is 1. The predicted molar refractivity (Wildman–Crippen MR) is 115 cm³/mol. The molecule has 2 aromatic carbocycles. The third-order valence-electron chi connectivity index (χ3n) is 5.94. The molecule has 0 bridgehead atoms. The lowest BCUT2D eigenvalue weighted by Gasteiger charge is -2.40. The molecule has 0 N–H and O–H groups in total. The molecule has 0 spiro atoms. The highest BCUT2D eigenvalue weighted by molar-refractivity contribution is 5.94. The topological polar surface area (TPSA) is 46.6 Å². The lowest BCUT2D eigenvalue weighted by molar-refractivity contribution is -0.159. The average molecular weight is 394 g/mol. The maximum absolute atomic E-state index is 12.9. The molecule has 1 fully saturated rings. The van der Waals surface area contributed by atoms with E-state index < -0.39 is 5.41 Å². The largest absolute Gasteiger partial charge is 0.466 e. The number of likely N-dealkylation sites (tertiary alicyclic amines) is 1. The van der Waals surface area contributed by atoms with Gasteiger partial charge in [-0.2, -0.15) is 0 Å². The summed E-state index contributed by atoms with van der Waals surface area (Å²) in [7, 11) is 0.